The van der Waals surface area contributed by atoms with E-state index in [-0.39, 0.29) is 11.1 Å². The fraction of sp³-hybridized carbons (Fsp3) is 0.188. The van der Waals surface area contributed by atoms with E-state index in [4.69, 9.17) is 23.2 Å². The second-order valence-corrected chi connectivity index (χ2v) is 6.05. The van der Waals surface area contributed by atoms with Crippen molar-refractivity contribution >= 4 is 34.2 Å². The van der Waals surface area contributed by atoms with Crippen LogP contribution in [0, 0.1) is 12.7 Å². The molecule has 5 heteroatoms. The number of alkyl halides is 1. The normalized spacial score (nSPS) is 12.8. The van der Waals surface area contributed by atoms with Gasteiger partial charge >= 0.3 is 0 Å². The Hall–Kier alpha value is -1.58. The van der Waals surface area contributed by atoms with Gasteiger partial charge < -0.3 is 0 Å². The number of fused-ring (bicyclic) bond motifs is 1. The molecule has 1 heterocycles. The van der Waals surface area contributed by atoms with Crippen LogP contribution in [0.3, 0.4) is 0 Å². The Morgan fingerprint density at radius 2 is 2.00 bits per heavy atom. The van der Waals surface area contributed by atoms with E-state index in [0.717, 1.165) is 16.6 Å². The molecule has 3 rings (SSSR count). The summed E-state index contributed by atoms with van der Waals surface area (Å²) in [5.74, 6) is 0.171. The molecule has 1 unspecified atom stereocenters. The number of hydrogen-bond acceptors (Lipinski definition) is 1. The van der Waals surface area contributed by atoms with Crippen LogP contribution in [0.2, 0.25) is 5.02 Å². The van der Waals surface area contributed by atoms with Crippen LogP contribution in [0.4, 0.5) is 4.39 Å². The molecule has 21 heavy (non-hydrogen) atoms. The first-order valence-corrected chi connectivity index (χ1v) is 7.38. The molecule has 0 aliphatic heterocycles. The Morgan fingerprint density at radius 1 is 1.24 bits per heavy atom. The predicted molar refractivity (Wildman–Crippen MR) is 85.0 cm³/mol. The van der Waals surface area contributed by atoms with Crippen molar-refractivity contribution in [2.75, 3.05) is 0 Å². The maximum absolute atomic E-state index is 14.3. The van der Waals surface area contributed by atoms with Crippen molar-refractivity contribution in [1.82, 2.24) is 9.55 Å². The van der Waals surface area contributed by atoms with Crippen LogP contribution in [0.25, 0.3) is 16.7 Å². The maximum Gasteiger partial charge on any atom is 0.148 e. The van der Waals surface area contributed by atoms with Gasteiger partial charge in [0, 0.05) is 0 Å². The summed E-state index contributed by atoms with van der Waals surface area (Å²) in [5.41, 5.74) is 2.93. The molecular formula is C16H13Cl2FN2. The van der Waals surface area contributed by atoms with Crippen LogP contribution in [0.15, 0.2) is 36.4 Å². The van der Waals surface area contributed by atoms with Crippen molar-refractivity contribution in [3.63, 3.8) is 0 Å². The van der Waals surface area contributed by atoms with Crippen LogP contribution >= 0.6 is 23.2 Å². The molecule has 0 amide bonds. The van der Waals surface area contributed by atoms with Crippen LogP contribution in [-0.2, 0) is 0 Å². The maximum atomic E-state index is 14.3. The largest absolute Gasteiger partial charge is 0.291 e. The highest BCUT2D eigenvalue weighted by atomic mass is 35.5. The minimum absolute atomic E-state index is 0.285. The Morgan fingerprint density at radius 3 is 2.67 bits per heavy atom. The van der Waals surface area contributed by atoms with E-state index in [9.17, 15) is 4.39 Å². The van der Waals surface area contributed by atoms with Gasteiger partial charge in [-0.1, -0.05) is 23.7 Å². The van der Waals surface area contributed by atoms with Crippen LogP contribution in [0.5, 0.6) is 0 Å². The summed E-state index contributed by atoms with van der Waals surface area (Å²) in [6, 6.07) is 10.4. The van der Waals surface area contributed by atoms with Gasteiger partial charge in [0.05, 0.1) is 21.4 Å². The van der Waals surface area contributed by atoms with E-state index in [1.165, 1.54) is 6.07 Å². The lowest BCUT2D eigenvalue weighted by Gasteiger charge is -2.13. The Labute approximate surface area is 132 Å². The zero-order valence-corrected chi connectivity index (χ0v) is 13.1. The van der Waals surface area contributed by atoms with E-state index in [1.807, 2.05) is 25.1 Å². The van der Waals surface area contributed by atoms with E-state index in [1.54, 1.807) is 23.6 Å². The van der Waals surface area contributed by atoms with Crippen molar-refractivity contribution < 1.29 is 4.39 Å². The lowest BCUT2D eigenvalue weighted by atomic mass is 10.2. The minimum Gasteiger partial charge on any atom is -0.291 e. The fourth-order valence-electron chi connectivity index (χ4n) is 2.41. The number of aryl methyl sites for hydroxylation is 1. The van der Waals surface area contributed by atoms with Gasteiger partial charge in [0.25, 0.3) is 0 Å². The molecular weight excluding hydrogens is 310 g/mol. The molecule has 2 aromatic carbocycles. The van der Waals surface area contributed by atoms with Crippen molar-refractivity contribution in [2.45, 2.75) is 19.2 Å². The molecule has 0 saturated carbocycles. The van der Waals surface area contributed by atoms with Crippen molar-refractivity contribution in [3.8, 4) is 5.69 Å². The lowest BCUT2D eigenvalue weighted by molar-refractivity contribution is 0.616. The molecule has 3 aromatic rings. The Kier molecular flexibility index (Phi) is 3.64. The number of para-hydroxylation sites is 1. The van der Waals surface area contributed by atoms with Crippen molar-refractivity contribution in [1.29, 1.82) is 0 Å². The lowest BCUT2D eigenvalue weighted by Crippen LogP contribution is -2.05. The van der Waals surface area contributed by atoms with Gasteiger partial charge in [0.2, 0.25) is 0 Å². The molecule has 2 nitrogen and oxygen atoms in total. The molecule has 0 bridgehead atoms. The summed E-state index contributed by atoms with van der Waals surface area (Å²) < 4.78 is 16.0. The molecule has 1 atom stereocenters. The molecule has 0 radical (unpaired) electrons. The first-order valence-electron chi connectivity index (χ1n) is 6.56. The molecule has 0 spiro atoms. The van der Waals surface area contributed by atoms with Crippen LogP contribution < -0.4 is 0 Å². The topological polar surface area (TPSA) is 17.8 Å². The predicted octanol–water partition coefficient (Wildman–Crippen LogP) is 5.43. The van der Waals surface area contributed by atoms with Crippen molar-refractivity contribution in [2.24, 2.45) is 0 Å². The van der Waals surface area contributed by atoms with Gasteiger partial charge in [-0.05, 0) is 43.7 Å². The number of rotatable bonds is 2. The highest BCUT2D eigenvalue weighted by molar-refractivity contribution is 6.32. The SMILES string of the molecule is Cc1ccc2c(c1)nc(C(C)Cl)n2-c1c(F)cccc1Cl. The first kappa shape index (κ1) is 14.4. The molecule has 0 N–H and O–H groups in total. The third-order valence-electron chi connectivity index (χ3n) is 3.35. The fourth-order valence-corrected chi connectivity index (χ4v) is 2.81. The summed E-state index contributed by atoms with van der Waals surface area (Å²) in [6.07, 6.45) is 0. The summed E-state index contributed by atoms with van der Waals surface area (Å²) in [6.45, 7) is 3.79. The zero-order chi connectivity index (χ0) is 15.1. The summed E-state index contributed by atoms with van der Waals surface area (Å²) in [5, 5.41) is -0.0400. The minimum atomic E-state index is -0.402. The van der Waals surface area contributed by atoms with E-state index in [0.29, 0.717) is 10.8 Å². The van der Waals surface area contributed by atoms with Crippen molar-refractivity contribution in [3.05, 3.63) is 58.6 Å². The van der Waals surface area contributed by atoms with E-state index < -0.39 is 5.82 Å². The zero-order valence-electron chi connectivity index (χ0n) is 11.6. The number of aromatic nitrogens is 2. The Bertz CT molecular complexity index is 804. The smallest absolute Gasteiger partial charge is 0.148 e. The average molecular weight is 323 g/mol. The number of imidazole rings is 1. The number of halogens is 3. The average Bonchev–Trinajstić information content (AvgIpc) is 2.77. The van der Waals surface area contributed by atoms with Gasteiger partial charge in [-0.25, -0.2) is 9.37 Å². The molecule has 0 fully saturated rings. The van der Waals surface area contributed by atoms with E-state index in [2.05, 4.69) is 4.98 Å². The first-order chi connectivity index (χ1) is 9.99. The number of nitrogens with zero attached hydrogens (tertiary/aromatic N) is 2. The second-order valence-electron chi connectivity index (χ2n) is 4.98. The van der Waals surface area contributed by atoms with Gasteiger partial charge in [-0.3, -0.25) is 4.57 Å². The molecule has 108 valence electrons. The van der Waals surface area contributed by atoms with Gasteiger partial charge in [0.15, 0.2) is 0 Å². The summed E-state index contributed by atoms with van der Waals surface area (Å²) in [4.78, 5) is 4.54. The van der Waals surface area contributed by atoms with Crippen LogP contribution in [-0.4, -0.2) is 9.55 Å². The van der Waals surface area contributed by atoms with Crippen LogP contribution in [0.1, 0.15) is 23.7 Å². The number of benzene rings is 2. The second kappa shape index (κ2) is 5.32. The Balaban J connectivity index is 2.42. The highest BCUT2D eigenvalue weighted by Crippen LogP contribution is 2.33. The third kappa shape index (κ3) is 2.41. The quantitative estimate of drug-likeness (QED) is 0.575. The van der Waals surface area contributed by atoms with Gasteiger partial charge in [-0.2, -0.15) is 0 Å². The number of hydrogen-bond donors (Lipinski definition) is 0. The summed E-state index contributed by atoms with van der Waals surface area (Å²) >= 11 is 12.4. The third-order valence-corrected chi connectivity index (χ3v) is 3.85. The highest BCUT2D eigenvalue weighted by Gasteiger charge is 2.20. The standard InChI is InChI=1S/C16H13Cl2FN2/c1-9-6-7-14-13(8-9)20-16(10(2)17)21(14)15-11(18)4-3-5-12(15)19/h3-8,10H,1-2H3. The molecule has 0 saturated heterocycles. The molecule has 0 aliphatic carbocycles. The van der Waals surface area contributed by atoms with Gasteiger partial charge in [-0.15, -0.1) is 11.6 Å². The molecule has 1 aromatic heterocycles. The monoisotopic (exact) mass is 322 g/mol. The van der Waals surface area contributed by atoms with Gasteiger partial charge in [0.1, 0.15) is 17.3 Å². The summed E-state index contributed by atoms with van der Waals surface area (Å²) in [7, 11) is 0. The molecule has 0 aliphatic rings. The van der Waals surface area contributed by atoms with E-state index >= 15 is 0 Å².